The second kappa shape index (κ2) is 3.97. The number of nitro groups is 1. The zero-order valence-corrected chi connectivity index (χ0v) is 8.16. The zero-order chi connectivity index (χ0) is 11.5. The highest BCUT2D eigenvalue weighted by Gasteiger charge is 2.09. The molecule has 0 aliphatic carbocycles. The highest BCUT2D eigenvalue weighted by molar-refractivity contribution is 5.38. The van der Waals surface area contributed by atoms with Crippen molar-refractivity contribution in [2.24, 2.45) is 0 Å². The summed E-state index contributed by atoms with van der Waals surface area (Å²) in [6, 6.07) is 6.15. The van der Waals surface area contributed by atoms with Crippen molar-refractivity contribution >= 4 is 11.5 Å². The number of nitrogens with zero attached hydrogens (tertiary/aromatic N) is 3. The molecule has 7 nitrogen and oxygen atoms in total. The smallest absolute Gasteiger partial charge is 0.269 e. The third kappa shape index (κ3) is 1.97. The Morgan fingerprint density at radius 3 is 2.50 bits per heavy atom. The molecule has 0 bridgehead atoms. The van der Waals surface area contributed by atoms with Crippen LogP contribution in [0.15, 0.2) is 28.9 Å². The van der Waals surface area contributed by atoms with Crippen molar-refractivity contribution in [1.29, 1.82) is 0 Å². The van der Waals surface area contributed by atoms with E-state index in [1.54, 1.807) is 12.1 Å². The molecule has 0 aliphatic rings. The van der Waals surface area contributed by atoms with Crippen LogP contribution in [-0.4, -0.2) is 15.2 Å². The summed E-state index contributed by atoms with van der Waals surface area (Å²) in [5.41, 5.74) is 6.92. The van der Waals surface area contributed by atoms with E-state index in [9.17, 15) is 10.1 Å². The highest BCUT2D eigenvalue weighted by atomic mass is 16.6. The fourth-order valence-corrected chi connectivity index (χ4v) is 1.26. The number of hydrogen-bond acceptors (Lipinski definition) is 6. The maximum Gasteiger partial charge on any atom is 0.269 e. The molecule has 2 N–H and O–H groups in total. The number of rotatable bonds is 3. The second-order valence-electron chi connectivity index (χ2n) is 3.20. The molecule has 0 unspecified atom stereocenters. The van der Waals surface area contributed by atoms with Gasteiger partial charge in [0.2, 0.25) is 0 Å². The van der Waals surface area contributed by atoms with Gasteiger partial charge >= 0.3 is 0 Å². The van der Waals surface area contributed by atoms with Crippen LogP contribution >= 0.6 is 0 Å². The maximum absolute atomic E-state index is 10.4. The predicted molar refractivity (Wildman–Crippen MR) is 54.6 cm³/mol. The molecule has 0 saturated heterocycles. The molecule has 0 atom stereocenters. The van der Waals surface area contributed by atoms with Gasteiger partial charge in [0.1, 0.15) is 5.69 Å². The standard InChI is InChI=1S/C9H8N4O3/c10-9-8(11-16-12-9)5-6-1-3-7(4-2-6)13(14)15/h1-4H,5H2,(H2,10,12). The number of aromatic nitrogens is 2. The Bertz CT molecular complexity index is 506. The van der Waals surface area contributed by atoms with Crippen LogP contribution in [0.25, 0.3) is 0 Å². The van der Waals surface area contributed by atoms with Crippen LogP contribution in [-0.2, 0) is 6.42 Å². The second-order valence-corrected chi connectivity index (χ2v) is 3.20. The summed E-state index contributed by atoms with van der Waals surface area (Å²) in [6.45, 7) is 0. The van der Waals surface area contributed by atoms with Crippen LogP contribution in [0.1, 0.15) is 11.3 Å². The minimum Gasteiger partial charge on any atom is -0.379 e. The number of hydrogen-bond donors (Lipinski definition) is 1. The number of anilines is 1. The predicted octanol–water partition coefficient (Wildman–Crippen LogP) is 1.15. The molecule has 0 fully saturated rings. The fourth-order valence-electron chi connectivity index (χ4n) is 1.26. The van der Waals surface area contributed by atoms with E-state index in [1.807, 2.05) is 0 Å². The van der Waals surface area contributed by atoms with Crippen molar-refractivity contribution in [1.82, 2.24) is 10.3 Å². The summed E-state index contributed by atoms with van der Waals surface area (Å²) >= 11 is 0. The molecule has 1 aromatic carbocycles. The van der Waals surface area contributed by atoms with Crippen molar-refractivity contribution in [3.8, 4) is 0 Å². The van der Waals surface area contributed by atoms with Gasteiger partial charge in [0, 0.05) is 18.6 Å². The molecule has 0 spiro atoms. The van der Waals surface area contributed by atoms with Crippen LogP contribution in [0.4, 0.5) is 11.5 Å². The summed E-state index contributed by atoms with van der Waals surface area (Å²) in [6.07, 6.45) is 0.438. The van der Waals surface area contributed by atoms with Crippen LogP contribution in [0.3, 0.4) is 0 Å². The van der Waals surface area contributed by atoms with Crippen LogP contribution in [0.2, 0.25) is 0 Å². The summed E-state index contributed by atoms with van der Waals surface area (Å²) in [4.78, 5) is 9.98. The number of nitrogens with two attached hydrogens (primary N) is 1. The first-order chi connectivity index (χ1) is 7.66. The van der Waals surface area contributed by atoms with Crippen molar-refractivity contribution in [2.45, 2.75) is 6.42 Å². The van der Waals surface area contributed by atoms with E-state index >= 15 is 0 Å². The number of nitro benzene ring substituents is 1. The van der Waals surface area contributed by atoms with Gasteiger partial charge in [0.25, 0.3) is 5.69 Å². The minimum atomic E-state index is -0.449. The topological polar surface area (TPSA) is 108 Å². The molecule has 0 amide bonds. The van der Waals surface area contributed by atoms with E-state index in [4.69, 9.17) is 5.73 Å². The lowest BCUT2D eigenvalue weighted by Gasteiger charge is -1.97. The Labute approximate surface area is 90.0 Å². The largest absolute Gasteiger partial charge is 0.379 e. The Morgan fingerprint density at radius 1 is 1.31 bits per heavy atom. The lowest BCUT2D eigenvalue weighted by atomic mass is 10.1. The summed E-state index contributed by atoms with van der Waals surface area (Å²) in [5, 5.41) is 17.5. The Morgan fingerprint density at radius 2 is 2.00 bits per heavy atom. The first kappa shape index (κ1) is 10.1. The molecule has 1 aromatic heterocycles. The van der Waals surface area contributed by atoms with Gasteiger partial charge in [0.05, 0.1) is 4.92 Å². The molecular weight excluding hydrogens is 212 g/mol. The van der Waals surface area contributed by atoms with Gasteiger partial charge in [-0.15, -0.1) is 0 Å². The summed E-state index contributed by atoms with van der Waals surface area (Å²) in [5.74, 6) is 0.235. The minimum absolute atomic E-state index is 0.0509. The summed E-state index contributed by atoms with van der Waals surface area (Å²) < 4.78 is 4.45. The lowest BCUT2D eigenvalue weighted by molar-refractivity contribution is -0.384. The third-order valence-corrected chi connectivity index (χ3v) is 2.10. The molecule has 82 valence electrons. The quantitative estimate of drug-likeness (QED) is 0.613. The molecule has 16 heavy (non-hydrogen) atoms. The summed E-state index contributed by atoms with van der Waals surface area (Å²) in [7, 11) is 0. The highest BCUT2D eigenvalue weighted by Crippen LogP contribution is 2.16. The fraction of sp³-hybridized carbons (Fsp3) is 0.111. The van der Waals surface area contributed by atoms with Crippen molar-refractivity contribution in [3.63, 3.8) is 0 Å². The first-order valence-electron chi connectivity index (χ1n) is 4.47. The average molecular weight is 220 g/mol. The average Bonchev–Trinajstić information content (AvgIpc) is 2.65. The molecule has 2 aromatic rings. The maximum atomic E-state index is 10.4. The first-order valence-corrected chi connectivity index (χ1v) is 4.47. The van der Waals surface area contributed by atoms with Gasteiger partial charge in [-0.2, -0.15) is 0 Å². The number of nitrogen functional groups attached to an aromatic ring is 1. The van der Waals surface area contributed by atoms with Gasteiger partial charge in [-0.25, -0.2) is 4.63 Å². The third-order valence-electron chi connectivity index (χ3n) is 2.10. The van der Waals surface area contributed by atoms with E-state index < -0.39 is 4.92 Å². The Hall–Kier alpha value is -2.44. The number of benzene rings is 1. The molecule has 2 rings (SSSR count). The van der Waals surface area contributed by atoms with E-state index in [0.29, 0.717) is 12.1 Å². The normalized spacial score (nSPS) is 10.2. The van der Waals surface area contributed by atoms with E-state index in [1.165, 1.54) is 12.1 Å². The molecule has 7 heteroatoms. The van der Waals surface area contributed by atoms with E-state index in [0.717, 1.165) is 5.56 Å². The van der Waals surface area contributed by atoms with Crippen LogP contribution in [0, 0.1) is 10.1 Å². The Balaban J connectivity index is 2.17. The van der Waals surface area contributed by atoms with E-state index in [-0.39, 0.29) is 11.5 Å². The molecule has 1 heterocycles. The molecule has 0 saturated carbocycles. The molecule has 0 radical (unpaired) electrons. The molecular formula is C9H8N4O3. The zero-order valence-electron chi connectivity index (χ0n) is 8.16. The van der Waals surface area contributed by atoms with Crippen molar-refractivity contribution in [2.75, 3.05) is 5.73 Å². The molecule has 0 aliphatic heterocycles. The monoisotopic (exact) mass is 220 g/mol. The van der Waals surface area contributed by atoms with Crippen LogP contribution < -0.4 is 5.73 Å². The van der Waals surface area contributed by atoms with Gasteiger partial charge in [-0.1, -0.05) is 17.3 Å². The van der Waals surface area contributed by atoms with Crippen molar-refractivity contribution < 1.29 is 9.55 Å². The Kier molecular flexibility index (Phi) is 2.50. The van der Waals surface area contributed by atoms with Gasteiger partial charge in [-0.3, -0.25) is 10.1 Å². The van der Waals surface area contributed by atoms with Crippen LogP contribution in [0.5, 0.6) is 0 Å². The number of non-ortho nitro benzene ring substituents is 1. The van der Waals surface area contributed by atoms with E-state index in [2.05, 4.69) is 14.9 Å². The van der Waals surface area contributed by atoms with Gasteiger partial charge in [0.15, 0.2) is 5.82 Å². The lowest BCUT2D eigenvalue weighted by Crippen LogP contribution is -1.95. The van der Waals surface area contributed by atoms with Gasteiger partial charge < -0.3 is 5.73 Å². The van der Waals surface area contributed by atoms with Gasteiger partial charge in [-0.05, 0) is 10.7 Å². The SMILES string of the molecule is Nc1nonc1Cc1ccc([N+](=O)[O-])cc1. The van der Waals surface area contributed by atoms with Crippen molar-refractivity contribution in [3.05, 3.63) is 45.6 Å².